The lowest BCUT2D eigenvalue weighted by molar-refractivity contribution is 0.601. The van der Waals surface area contributed by atoms with E-state index in [1.165, 1.54) is 6.07 Å². The lowest BCUT2D eigenvalue weighted by atomic mass is 10.2. The molecule has 1 aromatic heterocycles. The van der Waals surface area contributed by atoms with Crippen LogP contribution in [-0.2, 0) is 10.0 Å². The number of benzene rings is 1. The standard InChI is InChI=1S/C13H10Cl2N2O2S2/c14-12-8-11(13(15)20-12)21(18,19)17-10-5-1-3-9(7-10)4-2-6-16/h1,3,5,7-8,17H,6,16H2. The zero-order valence-electron chi connectivity index (χ0n) is 10.6. The lowest BCUT2D eigenvalue weighted by Gasteiger charge is -2.07. The van der Waals surface area contributed by atoms with E-state index in [-0.39, 0.29) is 15.8 Å². The second-order valence-electron chi connectivity index (χ2n) is 3.88. The third kappa shape index (κ3) is 4.13. The first-order valence-electron chi connectivity index (χ1n) is 5.69. The number of thiophene rings is 1. The summed E-state index contributed by atoms with van der Waals surface area (Å²) >= 11 is 12.6. The van der Waals surface area contributed by atoms with E-state index in [2.05, 4.69) is 16.6 Å². The molecule has 0 unspecified atom stereocenters. The van der Waals surface area contributed by atoms with E-state index in [1.54, 1.807) is 24.3 Å². The van der Waals surface area contributed by atoms with Crippen LogP contribution in [0.2, 0.25) is 8.67 Å². The molecule has 0 radical (unpaired) electrons. The fraction of sp³-hybridized carbons (Fsp3) is 0.0769. The van der Waals surface area contributed by atoms with Crippen molar-refractivity contribution in [3.63, 3.8) is 0 Å². The van der Waals surface area contributed by atoms with E-state index < -0.39 is 10.0 Å². The van der Waals surface area contributed by atoms with Gasteiger partial charge < -0.3 is 5.73 Å². The number of hydrogen-bond acceptors (Lipinski definition) is 4. The van der Waals surface area contributed by atoms with Gasteiger partial charge in [-0.1, -0.05) is 41.1 Å². The Morgan fingerprint density at radius 1 is 1.29 bits per heavy atom. The number of sulfonamides is 1. The Bertz CT molecular complexity index is 820. The Kier molecular flexibility index (Phi) is 5.14. The Balaban J connectivity index is 2.31. The van der Waals surface area contributed by atoms with Crippen LogP contribution in [0.4, 0.5) is 5.69 Å². The van der Waals surface area contributed by atoms with Gasteiger partial charge in [-0.3, -0.25) is 4.72 Å². The van der Waals surface area contributed by atoms with Gasteiger partial charge in [0.15, 0.2) is 0 Å². The minimum atomic E-state index is -3.79. The van der Waals surface area contributed by atoms with Crippen molar-refractivity contribution in [1.82, 2.24) is 0 Å². The van der Waals surface area contributed by atoms with Gasteiger partial charge in [-0.2, -0.15) is 0 Å². The van der Waals surface area contributed by atoms with Crippen molar-refractivity contribution in [1.29, 1.82) is 0 Å². The molecule has 2 rings (SSSR count). The van der Waals surface area contributed by atoms with Gasteiger partial charge in [-0.15, -0.1) is 11.3 Å². The number of hydrogen-bond donors (Lipinski definition) is 2. The topological polar surface area (TPSA) is 72.2 Å². The third-order valence-corrected chi connectivity index (χ3v) is 5.50. The summed E-state index contributed by atoms with van der Waals surface area (Å²) in [5.41, 5.74) is 6.35. The highest BCUT2D eigenvalue weighted by molar-refractivity contribution is 7.93. The summed E-state index contributed by atoms with van der Waals surface area (Å²) in [7, 11) is -3.79. The van der Waals surface area contributed by atoms with E-state index in [9.17, 15) is 8.42 Å². The maximum Gasteiger partial charge on any atom is 0.264 e. The predicted octanol–water partition coefficient (Wildman–Crippen LogP) is 3.17. The summed E-state index contributed by atoms with van der Waals surface area (Å²) in [4.78, 5) is -0.0439. The number of nitrogens with one attached hydrogen (secondary N) is 1. The van der Waals surface area contributed by atoms with Gasteiger partial charge in [0, 0.05) is 5.56 Å². The second kappa shape index (κ2) is 6.69. The number of halogens is 2. The van der Waals surface area contributed by atoms with Crippen molar-refractivity contribution in [2.75, 3.05) is 11.3 Å². The number of rotatable bonds is 3. The Hall–Kier alpha value is -1.23. The molecule has 0 aliphatic rings. The lowest BCUT2D eigenvalue weighted by Crippen LogP contribution is -2.12. The molecule has 0 bridgehead atoms. The van der Waals surface area contributed by atoms with Crippen LogP contribution in [0.5, 0.6) is 0 Å². The smallest absolute Gasteiger partial charge is 0.264 e. The molecule has 0 saturated carbocycles. The van der Waals surface area contributed by atoms with Crippen LogP contribution in [0.3, 0.4) is 0 Å². The van der Waals surface area contributed by atoms with Crippen LogP contribution in [0.15, 0.2) is 35.2 Å². The molecule has 2 aromatic rings. The van der Waals surface area contributed by atoms with Gasteiger partial charge in [0.1, 0.15) is 9.23 Å². The maximum atomic E-state index is 12.3. The fourth-order valence-corrected chi connectivity index (χ4v) is 4.73. The van der Waals surface area contributed by atoms with E-state index in [1.807, 2.05) is 0 Å². The molecule has 0 fully saturated rings. The molecule has 1 heterocycles. The highest BCUT2D eigenvalue weighted by Gasteiger charge is 2.21. The van der Waals surface area contributed by atoms with Crippen LogP contribution in [0, 0.1) is 11.8 Å². The molecule has 0 aliphatic carbocycles. The number of nitrogens with two attached hydrogens (primary N) is 1. The average molecular weight is 361 g/mol. The first kappa shape index (κ1) is 16.1. The molecule has 21 heavy (non-hydrogen) atoms. The Morgan fingerprint density at radius 3 is 2.67 bits per heavy atom. The molecule has 3 N–H and O–H groups in total. The fourth-order valence-electron chi connectivity index (χ4n) is 1.53. The zero-order valence-corrected chi connectivity index (χ0v) is 13.7. The van der Waals surface area contributed by atoms with Crippen LogP contribution in [-0.4, -0.2) is 15.0 Å². The maximum absolute atomic E-state index is 12.3. The van der Waals surface area contributed by atoms with Crippen molar-refractivity contribution in [2.45, 2.75) is 4.90 Å². The van der Waals surface area contributed by atoms with Crippen LogP contribution in [0.1, 0.15) is 5.56 Å². The van der Waals surface area contributed by atoms with Gasteiger partial charge in [0.2, 0.25) is 0 Å². The summed E-state index contributed by atoms with van der Waals surface area (Å²) in [6.07, 6.45) is 0. The molecular weight excluding hydrogens is 351 g/mol. The monoisotopic (exact) mass is 360 g/mol. The van der Waals surface area contributed by atoms with Gasteiger partial charge in [-0.05, 0) is 24.3 Å². The minimum absolute atomic E-state index is 0.0439. The van der Waals surface area contributed by atoms with Crippen molar-refractivity contribution >= 4 is 50.2 Å². The highest BCUT2D eigenvalue weighted by Crippen LogP contribution is 2.35. The first-order valence-corrected chi connectivity index (χ1v) is 8.74. The predicted molar refractivity (Wildman–Crippen MR) is 87.5 cm³/mol. The van der Waals surface area contributed by atoms with Crippen LogP contribution in [0.25, 0.3) is 0 Å². The molecular formula is C13H10Cl2N2O2S2. The SMILES string of the molecule is NCC#Cc1cccc(NS(=O)(=O)c2cc(Cl)sc2Cl)c1. The molecule has 0 spiro atoms. The summed E-state index contributed by atoms with van der Waals surface area (Å²) in [6.45, 7) is 0.235. The van der Waals surface area contributed by atoms with Gasteiger partial charge >= 0.3 is 0 Å². The molecule has 4 nitrogen and oxygen atoms in total. The summed E-state index contributed by atoms with van der Waals surface area (Å²) in [5.74, 6) is 5.53. The van der Waals surface area contributed by atoms with E-state index in [0.717, 1.165) is 11.3 Å². The molecule has 8 heteroatoms. The largest absolute Gasteiger partial charge is 0.320 e. The quantitative estimate of drug-likeness (QED) is 0.825. The summed E-state index contributed by atoms with van der Waals surface area (Å²) in [6, 6.07) is 8.00. The van der Waals surface area contributed by atoms with Gasteiger partial charge in [0.05, 0.1) is 16.6 Å². The molecule has 1 aromatic carbocycles. The number of anilines is 1. The normalized spacial score (nSPS) is 10.8. The Labute approximate surface area is 136 Å². The average Bonchev–Trinajstić information content (AvgIpc) is 2.76. The van der Waals surface area contributed by atoms with Crippen molar-refractivity contribution in [3.05, 3.63) is 44.6 Å². The van der Waals surface area contributed by atoms with E-state index >= 15 is 0 Å². The third-order valence-electron chi connectivity index (χ3n) is 2.36. The second-order valence-corrected chi connectivity index (χ2v) is 7.82. The van der Waals surface area contributed by atoms with Crippen LogP contribution < -0.4 is 10.5 Å². The minimum Gasteiger partial charge on any atom is -0.320 e. The first-order chi connectivity index (χ1) is 9.92. The zero-order chi connectivity index (χ0) is 15.5. The van der Waals surface area contributed by atoms with E-state index in [0.29, 0.717) is 15.6 Å². The molecule has 0 amide bonds. The highest BCUT2D eigenvalue weighted by atomic mass is 35.5. The van der Waals surface area contributed by atoms with E-state index in [4.69, 9.17) is 28.9 Å². The molecule has 110 valence electrons. The molecule has 0 aliphatic heterocycles. The van der Waals surface area contributed by atoms with Crippen LogP contribution >= 0.6 is 34.5 Å². The van der Waals surface area contributed by atoms with Gasteiger partial charge in [0.25, 0.3) is 10.0 Å². The van der Waals surface area contributed by atoms with Crippen molar-refractivity contribution < 1.29 is 8.42 Å². The van der Waals surface area contributed by atoms with Gasteiger partial charge in [-0.25, -0.2) is 8.42 Å². The summed E-state index contributed by atoms with van der Waals surface area (Å²) < 4.78 is 27.4. The Morgan fingerprint density at radius 2 is 2.05 bits per heavy atom. The van der Waals surface area contributed by atoms with Crippen molar-refractivity contribution in [2.24, 2.45) is 5.73 Å². The molecule has 0 saturated heterocycles. The molecule has 0 atom stereocenters. The summed E-state index contributed by atoms with van der Waals surface area (Å²) in [5, 5.41) is 0. The van der Waals surface area contributed by atoms with Crippen molar-refractivity contribution in [3.8, 4) is 11.8 Å².